The van der Waals surface area contributed by atoms with Crippen molar-refractivity contribution in [1.82, 2.24) is 0 Å². The Balaban J connectivity index is -0.0000000430. The molecule has 0 radical (unpaired) electrons. The molecule has 0 aliphatic rings. The van der Waals surface area contributed by atoms with Crippen LogP contribution >= 0.6 is 8.25 Å². The van der Waals surface area contributed by atoms with Crippen molar-refractivity contribution in [2.75, 3.05) is 0 Å². The van der Waals surface area contributed by atoms with E-state index in [9.17, 15) is 44.4 Å². The Bertz CT molecular complexity index is 838. The molecule has 210 valence electrons. The Labute approximate surface area is 369 Å². The number of aliphatic hydroxyl groups excluding tert-OH is 1. The average Bonchev–Trinajstić information content (AvgIpc) is 2.80. The normalized spacial score (nSPS) is 8.56. The average molecular weight is 674 g/mol. The molecule has 0 aromatic heterocycles. The van der Waals surface area contributed by atoms with Crippen LogP contribution in [-0.2, 0) is 23.7 Å². The summed E-state index contributed by atoms with van der Waals surface area (Å²) < 4.78 is 8.70. The fourth-order valence-electron chi connectivity index (χ4n) is 0.819. The third kappa shape index (κ3) is 92.2. The molecule has 1 rings (SSSR count). The molecular formula is C22H30K2Na2O14P+. The van der Waals surface area contributed by atoms with Crippen molar-refractivity contribution in [1.29, 1.82) is 0 Å². The molecule has 0 fully saturated rings. The molecule has 4 N–H and O–H groups in total. The minimum atomic E-state index is -2.87. The van der Waals surface area contributed by atoms with E-state index >= 15 is 0 Å². The number of carbonyl (C=O) groups excluding carboxylic acids is 4. The predicted octanol–water partition coefficient (Wildman–Crippen LogP) is -14.7. The summed E-state index contributed by atoms with van der Waals surface area (Å²) in [6, 6.07) is 8.06. The summed E-state index contributed by atoms with van der Waals surface area (Å²) in [7, 11) is -2.87. The number of hydrogen-bond acceptors (Lipinski definition) is 11. The maximum Gasteiger partial charge on any atom is 1.00 e. The second-order valence-corrected chi connectivity index (χ2v) is 6.08. The molecule has 0 aliphatic heterocycles. The first kappa shape index (κ1) is 65.1. The van der Waals surface area contributed by atoms with E-state index in [2.05, 4.69) is 0 Å². The van der Waals surface area contributed by atoms with E-state index in [-0.39, 0.29) is 180 Å². The van der Waals surface area contributed by atoms with Crippen LogP contribution in [0, 0.1) is 0 Å². The van der Waals surface area contributed by atoms with Gasteiger partial charge in [-0.3, -0.25) is 4.79 Å². The van der Waals surface area contributed by atoms with Gasteiger partial charge in [0.2, 0.25) is 0 Å². The van der Waals surface area contributed by atoms with E-state index in [1.807, 2.05) is 0 Å². The number of benzene rings is 1. The van der Waals surface area contributed by atoms with Gasteiger partial charge in [-0.05, 0) is 31.9 Å². The van der Waals surface area contributed by atoms with E-state index < -0.39 is 44.2 Å². The number of hydrogen-bond donors (Lipinski definition) is 4. The molecule has 14 nitrogen and oxygen atoms in total. The number of allylic oxidation sites excluding steroid dienone is 3. The molecule has 1 unspecified atom stereocenters. The molecule has 1 atom stereocenters. The van der Waals surface area contributed by atoms with Gasteiger partial charge in [0.15, 0.2) is 0 Å². The van der Waals surface area contributed by atoms with Gasteiger partial charge in [0.25, 0.3) is 0 Å². The summed E-state index contributed by atoms with van der Waals surface area (Å²) in [4.78, 5) is 61.9. The molecule has 0 saturated heterocycles. The van der Waals surface area contributed by atoms with Crippen molar-refractivity contribution in [2.24, 2.45) is 0 Å². The Morgan fingerprint density at radius 1 is 0.878 bits per heavy atom. The van der Waals surface area contributed by atoms with Crippen LogP contribution in [-0.4, -0.2) is 56.0 Å². The van der Waals surface area contributed by atoms with Gasteiger partial charge in [-0.15, -0.1) is 9.79 Å². The molecule has 0 spiro atoms. The second-order valence-electron chi connectivity index (χ2n) is 5.58. The number of carbonyl (C=O) groups is 5. The Hall–Kier alpha value is 1.30. The summed E-state index contributed by atoms with van der Waals surface area (Å²) in [5, 5.41) is 54.0. The van der Waals surface area contributed by atoms with Crippen LogP contribution in [0.15, 0.2) is 54.6 Å². The third-order valence-corrected chi connectivity index (χ3v) is 2.48. The SMILES string of the molecule is CC(O)C(=O)[O-].CC=CC=CC(=O)[O-].CCC(=O)O.CCC(=O)[O-].O=C([O-])c1ccccc1.O=[P+](O)O.[K+].[K+].[Na+].[Na+]. The molecule has 0 amide bonds. The molecule has 41 heavy (non-hydrogen) atoms. The van der Waals surface area contributed by atoms with Crippen molar-refractivity contribution in [3.8, 4) is 0 Å². The molecule has 1 aromatic carbocycles. The predicted molar refractivity (Wildman–Crippen MR) is 122 cm³/mol. The summed E-state index contributed by atoms with van der Waals surface area (Å²) in [6.07, 6.45) is 4.73. The van der Waals surface area contributed by atoms with Crippen molar-refractivity contribution < 1.29 is 231 Å². The van der Waals surface area contributed by atoms with E-state index in [1.54, 1.807) is 44.2 Å². The van der Waals surface area contributed by atoms with E-state index in [4.69, 9.17) is 24.6 Å². The topological polar surface area (TPSA) is 276 Å². The Morgan fingerprint density at radius 2 is 1.20 bits per heavy atom. The zero-order valence-corrected chi connectivity index (χ0v) is 35.6. The first-order valence-electron chi connectivity index (χ1n) is 9.92. The van der Waals surface area contributed by atoms with Crippen molar-refractivity contribution in [2.45, 2.75) is 46.6 Å². The summed E-state index contributed by atoms with van der Waals surface area (Å²) in [5.74, 6) is -5.47. The molecule has 0 aliphatic carbocycles. The standard InChI is InChI=1S/C7H6O2.C6H8O2.C3H6O3.2C3H6O2.2K.2Na.HO3P/c8-7(9)6-4-2-1-3-5-6;1-2-3-4-5-6(7)8;1-2(4)3(5)6;2*1-2-3(4)5;;;;;1-4(2)3/h1-5H,(H,8,9);2-5H,1H3,(H,7,8);2,4H,1H3,(H,5,6);2*2H2,1H3,(H,4,5);;;;;(H-,1,2,3)/q;;;;;4*+1;/p-3. The van der Waals surface area contributed by atoms with E-state index in [0.717, 1.165) is 13.0 Å². The Kier molecular flexibility index (Phi) is 80.8. The molecule has 1 aromatic rings. The third-order valence-electron chi connectivity index (χ3n) is 2.48. The van der Waals surface area contributed by atoms with Gasteiger partial charge in [0, 0.05) is 17.0 Å². The van der Waals surface area contributed by atoms with Crippen LogP contribution in [0.25, 0.3) is 0 Å². The van der Waals surface area contributed by atoms with Gasteiger partial charge in [0.05, 0.1) is 24.0 Å². The largest absolute Gasteiger partial charge is 1.00 e. The molecule has 0 bridgehead atoms. The van der Waals surface area contributed by atoms with Crippen LogP contribution in [0.3, 0.4) is 0 Å². The van der Waals surface area contributed by atoms with Crippen molar-refractivity contribution in [3.63, 3.8) is 0 Å². The van der Waals surface area contributed by atoms with Crippen LogP contribution in [0.2, 0.25) is 0 Å². The fraction of sp³-hybridized carbons (Fsp3) is 0.318. The number of aliphatic carboxylic acids is 4. The first-order valence-corrected chi connectivity index (χ1v) is 11.1. The maximum absolute atomic E-state index is 10.1. The number of aliphatic hydroxyl groups is 1. The van der Waals surface area contributed by atoms with Gasteiger partial charge in [-0.2, -0.15) is 0 Å². The summed E-state index contributed by atoms with van der Waals surface area (Å²) >= 11 is 0. The number of carboxylic acids is 5. The number of carboxylic acid groups (broad SMARTS) is 5. The molecule has 19 heteroatoms. The number of aromatic carboxylic acids is 1. The zero-order chi connectivity index (χ0) is 30.4. The summed E-state index contributed by atoms with van der Waals surface area (Å²) in [5.41, 5.74) is 0.220. The van der Waals surface area contributed by atoms with E-state index in [1.165, 1.54) is 25.1 Å². The van der Waals surface area contributed by atoms with Crippen LogP contribution in [0.1, 0.15) is 50.9 Å². The van der Waals surface area contributed by atoms with Crippen LogP contribution in [0.5, 0.6) is 0 Å². The second kappa shape index (κ2) is 50.9. The monoisotopic (exact) mass is 673 g/mol. The van der Waals surface area contributed by atoms with E-state index in [0.29, 0.717) is 0 Å². The van der Waals surface area contributed by atoms with Crippen LogP contribution in [0.4, 0.5) is 0 Å². The van der Waals surface area contributed by atoms with Gasteiger partial charge in [-0.1, -0.05) is 62.4 Å². The Morgan fingerprint density at radius 3 is 1.34 bits per heavy atom. The number of rotatable bonds is 6. The van der Waals surface area contributed by atoms with Crippen molar-refractivity contribution in [3.05, 3.63) is 60.2 Å². The fourth-order valence-corrected chi connectivity index (χ4v) is 0.819. The minimum Gasteiger partial charge on any atom is -0.550 e. The van der Waals surface area contributed by atoms with Gasteiger partial charge >= 0.3 is 176 Å². The van der Waals surface area contributed by atoms with Crippen LogP contribution < -0.4 is 182 Å². The van der Waals surface area contributed by atoms with Gasteiger partial charge < -0.3 is 49.8 Å². The first-order chi connectivity index (χ1) is 17.0. The van der Waals surface area contributed by atoms with Crippen molar-refractivity contribution >= 4 is 38.1 Å². The smallest absolute Gasteiger partial charge is 0.550 e. The molecule has 0 heterocycles. The molecule has 0 saturated carbocycles. The molecular weight excluding hydrogens is 643 g/mol. The summed E-state index contributed by atoms with van der Waals surface area (Å²) in [6.45, 7) is 6.08. The quantitative estimate of drug-likeness (QED) is 0.0945. The van der Waals surface area contributed by atoms with Gasteiger partial charge in [0.1, 0.15) is 0 Å². The zero-order valence-electron chi connectivity index (χ0n) is 24.5. The van der Waals surface area contributed by atoms with Gasteiger partial charge in [-0.25, -0.2) is 0 Å². The minimum absolute atomic E-state index is 0. The maximum atomic E-state index is 10.1.